The highest BCUT2D eigenvalue weighted by molar-refractivity contribution is 7.99. The van der Waals surface area contributed by atoms with Crippen molar-refractivity contribution in [3.63, 3.8) is 0 Å². The Hall–Kier alpha value is -3.42. The molecule has 5 rings (SSSR count). The molecule has 3 aromatic carbocycles. The van der Waals surface area contributed by atoms with E-state index in [0.717, 1.165) is 33.8 Å². The minimum atomic E-state index is -0.186. The zero-order chi connectivity index (χ0) is 19.8. The number of nitriles is 1. The van der Waals surface area contributed by atoms with Gasteiger partial charge in [-0.15, -0.1) is 11.8 Å². The highest BCUT2D eigenvalue weighted by Crippen LogP contribution is 2.48. The molecule has 140 valence electrons. The topological polar surface area (TPSA) is 59.0 Å². The minimum Gasteiger partial charge on any atom is -0.440 e. The molecular formula is C25H18N2OS. The van der Waals surface area contributed by atoms with Crippen LogP contribution in [0.15, 0.2) is 101 Å². The summed E-state index contributed by atoms with van der Waals surface area (Å²) in [5, 5.41) is 9.81. The van der Waals surface area contributed by atoms with Crippen LogP contribution in [0.2, 0.25) is 0 Å². The summed E-state index contributed by atoms with van der Waals surface area (Å²) < 4.78 is 5.97. The van der Waals surface area contributed by atoms with Crippen LogP contribution in [0.25, 0.3) is 16.9 Å². The molecule has 0 spiro atoms. The SMILES string of the molecule is N#CC1=C(N)OC2=C(CSc3ccccc32)C1c1ccc(-c2ccccc2)cc1. The van der Waals surface area contributed by atoms with Crippen molar-refractivity contribution in [3.8, 4) is 17.2 Å². The molecule has 3 nitrogen and oxygen atoms in total. The standard InChI is InChI=1S/C25H18N2OS/c26-14-20-23(18-12-10-17(11-13-18)16-6-2-1-3-7-16)21-15-29-22-9-5-4-8-19(22)24(21)28-25(20)27/h1-13,23H,15,27H2. The summed E-state index contributed by atoms with van der Waals surface area (Å²) in [5.41, 5.74) is 12.2. The van der Waals surface area contributed by atoms with E-state index in [0.29, 0.717) is 5.57 Å². The molecule has 2 heterocycles. The van der Waals surface area contributed by atoms with E-state index >= 15 is 0 Å². The second-order valence-corrected chi connectivity index (χ2v) is 8.07. The van der Waals surface area contributed by atoms with E-state index in [1.54, 1.807) is 11.8 Å². The van der Waals surface area contributed by atoms with Gasteiger partial charge in [0.15, 0.2) is 0 Å². The lowest BCUT2D eigenvalue weighted by molar-refractivity contribution is 0.354. The van der Waals surface area contributed by atoms with Gasteiger partial charge >= 0.3 is 0 Å². The summed E-state index contributed by atoms with van der Waals surface area (Å²) in [6, 6.07) is 29.1. The Morgan fingerprint density at radius 3 is 2.34 bits per heavy atom. The van der Waals surface area contributed by atoms with Crippen molar-refractivity contribution in [2.75, 3.05) is 5.75 Å². The monoisotopic (exact) mass is 394 g/mol. The molecule has 2 aliphatic heterocycles. The van der Waals surface area contributed by atoms with Crippen molar-refractivity contribution in [3.05, 3.63) is 107 Å². The van der Waals surface area contributed by atoms with E-state index in [9.17, 15) is 5.26 Å². The molecule has 0 radical (unpaired) electrons. The van der Waals surface area contributed by atoms with Crippen LogP contribution >= 0.6 is 11.8 Å². The predicted molar refractivity (Wildman–Crippen MR) is 117 cm³/mol. The van der Waals surface area contributed by atoms with Crippen molar-refractivity contribution in [1.82, 2.24) is 0 Å². The number of hydrogen-bond acceptors (Lipinski definition) is 4. The second kappa shape index (κ2) is 7.20. The van der Waals surface area contributed by atoms with Crippen LogP contribution in [0.5, 0.6) is 0 Å². The summed E-state index contributed by atoms with van der Waals surface area (Å²) in [7, 11) is 0. The Balaban J connectivity index is 1.61. The zero-order valence-corrected chi connectivity index (χ0v) is 16.4. The number of benzene rings is 3. The molecule has 0 saturated heterocycles. The zero-order valence-electron chi connectivity index (χ0n) is 15.6. The van der Waals surface area contributed by atoms with Crippen molar-refractivity contribution in [2.24, 2.45) is 5.73 Å². The first-order valence-electron chi connectivity index (χ1n) is 9.44. The maximum Gasteiger partial charge on any atom is 0.205 e. The van der Waals surface area contributed by atoms with Gasteiger partial charge in [-0.05, 0) is 28.3 Å². The molecule has 3 aromatic rings. The predicted octanol–water partition coefficient (Wildman–Crippen LogP) is 5.68. The number of hydrogen-bond donors (Lipinski definition) is 1. The van der Waals surface area contributed by atoms with Gasteiger partial charge in [-0.2, -0.15) is 5.26 Å². The Morgan fingerprint density at radius 1 is 0.897 bits per heavy atom. The van der Waals surface area contributed by atoms with E-state index in [-0.39, 0.29) is 11.8 Å². The van der Waals surface area contributed by atoms with Crippen LogP contribution in [0.1, 0.15) is 17.0 Å². The summed E-state index contributed by atoms with van der Waals surface area (Å²) in [6.07, 6.45) is 0. The first-order valence-corrected chi connectivity index (χ1v) is 10.4. The van der Waals surface area contributed by atoms with Crippen LogP contribution in [-0.4, -0.2) is 5.75 Å². The van der Waals surface area contributed by atoms with Gasteiger partial charge in [0.2, 0.25) is 5.88 Å². The summed E-state index contributed by atoms with van der Waals surface area (Å²) in [4.78, 5) is 1.18. The number of ether oxygens (including phenoxy) is 1. The fourth-order valence-corrected chi connectivity index (χ4v) is 5.08. The molecule has 0 aromatic heterocycles. The highest BCUT2D eigenvalue weighted by atomic mass is 32.2. The fraction of sp³-hybridized carbons (Fsp3) is 0.0800. The molecule has 2 aliphatic rings. The van der Waals surface area contributed by atoms with Crippen LogP contribution < -0.4 is 5.73 Å². The van der Waals surface area contributed by atoms with Crippen LogP contribution in [0.4, 0.5) is 0 Å². The Labute approximate surface area is 174 Å². The van der Waals surface area contributed by atoms with Gasteiger partial charge in [-0.3, -0.25) is 0 Å². The van der Waals surface area contributed by atoms with Crippen molar-refractivity contribution in [2.45, 2.75) is 10.8 Å². The molecule has 0 amide bonds. The average molecular weight is 394 g/mol. The minimum absolute atomic E-state index is 0.186. The van der Waals surface area contributed by atoms with Gasteiger partial charge in [0, 0.05) is 16.2 Å². The number of thioether (sulfide) groups is 1. The van der Waals surface area contributed by atoms with Gasteiger partial charge in [-0.25, -0.2) is 0 Å². The van der Waals surface area contributed by atoms with E-state index in [4.69, 9.17) is 10.5 Å². The Morgan fingerprint density at radius 2 is 1.59 bits per heavy atom. The number of nitrogens with zero attached hydrogens (tertiary/aromatic N) is 1. The molecule has 0 fully saturated rings. The smallest absolute Gasteiger partial charge is 0.205 e. The van der Waals surface area contributed by atoms with E-state index in [1.807, 2.05) is 30.3 Å². The van der Waals surface area contributed by atoms with Gasteiger partial charge in [0.05, 0.1) is 5.92 Å². The fourth-order valence-electron chi connectivity index (χ4n) is 3.98. The maximum atomic E-state index is 9.81. The summed E-state index contributed by atoms with van der Waals surface area (Å²) in [6.45, 7) is 0. The van der Waals surface area contributed by atoms with Crippen LogP contribution in [-0.2, 0) is 4.74 Å². The first kappa shape index (κ1) is 17.7. The highest BCUT2D eigenvalue weighted by Gasteiger charge is 2.36. The lowest BCUT2D eigenvalue weighted by Gasteiger charge is -2.32. The summed E-state index contributed by atoms with van der Waals surface area (Å²) >= 11 is 1.78. The molecule has 0 saturated carbocycles. The van der Waals surface area contributed by atoms with Gasteiger partial charge in [0.1, 0.15) is 17.4 Å². The van der Waals surface area contributed by atoms with Gasteiger partial charge in [-0.1, -0.05) is 72.8 Å². The molecule has 0 bridgehead atoms. The molecular weight excluding hydrogens is 376 g/mol. The normalized spacial score (nSPS) is 17.8. The molecule has 1 atom stereocenters. The lowest BCUT2D eigenvalue weighted by atomic mass is 9.82. The second-order valence-electron chi connectivity index (χ2n) is 7.05. The van der Waals surface area contributed by atoms with Crippen LogP contribution in [0, 0.1) is 11.3 Å². The van der Waals surface area contributed by atoms with E-state index < -0.39 is 0 Å². The van der Waals surface area contributed by atoms with Crippen LogP contribution in [0.3, 0.4) is 0 Å². The molecule has 4 heteroatoms. The maximum absolute atomic E-state index is 9.81. The Kier molecular flexibility index (Phi) is 4.38. The number of fused-ring (bicyclic) bond motifs is 2. The molecule has 0 aliphatic carbocycles. The first-order chi connectivity index (χ1) is 14.3. The number of nitrogens with two attached hydrogens (primary N) is 1. The third-order valence-corrected chi connectivity index (χ3v) is 6.52. The van der Waals surface area contributed by atoms with Crippen molar-refractivity contribution < 1.29 is 4.74 Å². The van der Waals surface area contributed by atoms with E-state index in [2.05, 4.69) is 54.6 Å². The van der Waals surface area contributed by atoms with Gasteiger partial charge < -0.3 is 10.5 Å². The molecule has 2 N–H and O–H groups in total. The molecule has 1 unspecified atom stereocenters. The van der Waals surface area contributed by atoms with Crippen molar-refractivity contribution in [1.29, 1.82) is 5.26 Å². The Bertz CT molecular complexity index is 1190. The average Bonchev–Trinajstić information content (AvgIpc) is 2.79. The number of rotatable bonds is 2. The van der Waals surface area contributed by atoms with Gasteiger partial charge in [0.25, 0.3) is 0 Å². The van der Waals surface area contributed by atoms with Crippen molar-refractivity contribution >= 4 is 17.5 Å². The quantitative estimate of drug-likeness (QED) is 0.608. The number of allylic oxidation sites excluding steroid dienone is 1. The van der Waals surface area contributed by atoms with E-state index in [1.165, 1.54) is 10.5 Å². The third kappa shape index (κ3) is 3.00. The third-order valence-electron chi connectivity index (χ3n) is 5.39. The molecule has 29 heavy (non-hydrogen) atoms. The largest absolute Gasteiger partial charge is 0.440 e. The lowest BCUT2D eigenvalue weighted by Crippen LogP contribution is -2.23. The summed E-state index contributed by atoms with van der Waals surface area (Å²) in [5.74, 6) is 1.59.